The van der Waals surface area contributed by atoms with Crippen LogP contribution in [0.25, 0.3) is 0 Å². The smallest absolute Gasteiger partial charge is 0.0534 e. The van der Waals surface area contributed by atoms with Crippen molar-refractivity contribution in [3.63, 3.8) is 0 Å². The van der Waals surface area contributed by atoms with Crippen LogP contribution in [0.4, 0.5) is 0 Å². The van der Waals surface area contributed by atoms with E-state index in [-0.39, 0.29) is 0 Å². The maximum Gasteiger partial charge on any atom is 0.0534 e. The summed E-state index contributed by atoms with van der Waals surface area (Å²) in [5, 5.41) is 7.91. The number of nitrogens with zero attached hydrogens (tertiary/aromatic N) is 2. The molecule has 2 rings (SSSR count). The van der Waals surface area contributed by atoms with Gasteiger partial charge in [-0.2, -0.15) is 5.10 Å². The van der Waals surface area contributed by atoms with Crippen LogP contribution in [-0.4, -0.2) is 15.8 Å². The Labute approximate surface area is 91.9 Å². The first-order chi connectivity index (χ1) is 7.29. The Balaban J connectivity index is 1.84. The minimum atomic E-state index is 0.532. The van der Waals surface area contributed by atoms with Crippen LogP contribution in [0.15, 0.2) is 12.4 Å². The molecule has 1 heterocycles. The molecule has 3 heteroatoms. The lowest BCUT2D eigenvalue weighted by atomic mass is 10.2. The van der Waals surface area contributed by atoms with Crippen molar-refractivity contribution >= 4 is 0 Å². The molecule has 1 atom stereocenters. The Kier molecular flexibility index (Phi) is 3.41. The number of hydrogen-bond donors (Lipinski definition) is 1. The SMILES string of the molecule is CCCC(C)n1cc(CNC2CC2)cn1. The van der Waals surface area contributed by atoms with E-state index >= 15 is 0 Å². The Bertz CT molecular complexity index is 302. The van der Waals surface area contributed by atoms with E-state index in [1.165, 1.54) is 31.2 Å². The maximum atomic E-state index is 4.41. The second-order valence-electron chi connectivity index (χ2n) is 4.62. The molecule has 1 aromatic rings. The highest BCUT2D eigenvalue weighted by molar-refractivity contribution is 5.04. The fourth-order valence-corrected chi connectivity index (χ4v) is 1.81. The summed E-state index contributed by atoms with van der Waals surface area (Å²) in [6.07, 6.45) is 9.28. The molecule has 0 saturated heterocycles. The van der Waals surface area contributed by atoms with Gasteiger partial charge in [-0.1, -0.05) is 13.3 Å². The van der Waals surface area contributed by atoms with Crippen molar-refractivity contribution in [2.24, 2.45) is 0 Å². The van der Waals surface area contributed by atoms with E-state index < -0.39 is 0 Å². The van der Waals surface area contributed by atoms with Gasteiger partial charge in [-0.05, 0) is 26.2 Å². The summed E-state index contributed by atoms with van der Waals surface area (Å²) < 4.78 is 2.09. The third-order valence-corrected chi connectivity index (χ3v) is 2.99. The van der Waals surface area contributed by atoms with E-state index in [0.29, 0.717) is 6.04 Å². The van der Waals surface area contributed by atoms with Gasteiger partial charge < -0.3 is 5.32 Å². The van der Waals surface area contributed by atoms with Crippen molar-refractivity contribution < 1.29 is 0 Å². The normalized spacial score (nSPS) is 18.0. The maximum absolute atomic E-state index is 4.41. The van der Waals surface area contributed by atoms with Crippen LogP contribution < -0.4 is 5.32 Å². The third-order valence-electron chi connectivity index (χ3n) is 2.99. The van der Waals surface area contributed by atoms with E-state index in [2.05, 4.69) is 35.1 Å². The molecule has 1 unspecified atom stereocenters. The molecule has 1 fully saturated rings. The lowest BCUT2D eigenvalue weighted by molar-refractivity contribution is 0.454. The summed E-state index contributed by atoms with van der Waals surface area (Å²) in [6, 6.07) is 1.31. The highest BCUT2D eigenvalue weighted by Crippen LogP contribution is 2.19. The predicted molar refractivity (Wildman–Crippen MR) is 61.7 cm³/mol. The molecule has 1 aliphatic carbocycles. The molecular formula is C12H21N3. The highest BCUT2D eigenvalue weighted by atomic mass is 15.3. The molecule has 0 radical (unpaired) electrons. The summed E-state index contributed by atoms with van der Waals surface area (Å²) in [4.78, 5) is 0. The molecule has 0 aromatic carbocycles. The minimum Gasteiger partial charge on any atom is -0.310 e. The van der Waals surface area contributed by atoms with Crippen LogP contribution in [0.1, 0.15) is 51.1 Å². The van der Waals surface area contributed by atoms with Crippen LogP contribution >= 0.6 is 0 Å². The van der Waals surface area contributed by atoms with E-state index in [9.17, 15) is 0 Å². The van der Waals surface area contributed by atoms with Crippen molar-refractivity contribution in [3.05, 3.63) is 18.0 Å². The number of rotatable bonds is 6. The van der Waals surface area contributed by atoms with Gasteiger partial charge in [-0.3, -0.25) is 4.68 Å². The molecule has 3 nitrogen and oxygen atoms in total. The van der Waals surface area contributed by atoms with Gasteiger partial charge in [-0.15, -0.1) is 0 Å². The summed E-state index contributed by atoms with van der Waals surface area (Å²) in [7, 11) is 0. The van der Waals surface area contributed by atoms with Crippen LogP contribution in [-0.2, 0) is 6.54 Å². The van der Waals surface area contributed by atoms with Crippen molar-refractivity contribution in [1.29, 1.82) is 0 Å². The molecule has 1 aliphatic rings. The number of hydrogen-bond acceptors (Lipinski definition) is 2. The summed E-state index contributed by atoms with van der Waals surface area (Å²) in [5.41, 5.74) is 1.31. The molecule has 0 bridgehead atoms. The van der Waals surface area contributed by atoms with Gasteiger partial charge in [0.1, 0.15) is 0 Å². The first kappa shape index (κ1) is 10.7. The monoisotopic (exact) mass is 207 g/mol. The lowest BCUT2D eigenvalue weighted by Gasteiger charge is -2.09. The Morgan fingerprint density at radius 2 is 2.40 bits per heavy atom. The average Bonchev–Trinajstić information content (AvgIpc) is 2.93. The lowest BCUT2D eigenvalue weighted by Crippen LogP contribution is -2.14. The molecule has 1 aromatic heterocycles. The fourth-order valence-electron chi connectivity index (χ4n) is 1.81. The van der Waals surface area contributed by atoms with Crippen molar-refractivity contribution in [1.82, 2.24) is 15.1 Å². The van der Waals surface area contributed by atoms with Crippen molar-refractivity contribution in [3.8, 4) is 0 Å². The molecule has 1 N–H and O–H groups in total. The predicted octanol–water partition coefficient (Wildman–Crippen LogP) is 2.50. The zero-order chi connectivity index (χ0) is 10.7. The van der Waals surface area contributed by atoms with E-state index in [0.717, 1.165) is 12.6 Å². The van der Waals surface area contributed by atoms with E-state index in [4.69, 9.17) is 0 Å². The highest BCUT2D eigenvalue weighted by Gasteiger charge is 2.20. The third kappa shape index (κ3) is 3.06. The Hall–Kier alpha value is -0.830. The molecule has 84 valence electrons. The Morgan fingerprint density at radius 3 is 3.07 bits per heavy atom. The Morgan fingerprint density at radius 1 is 1.60 bits per heavy atom. The van der Waals surface area contributed by atoms with Crippen LogP contribution in [0.2, 0.25) is 0 Å². The second-order valence-corrected chi connectivity index (χ2v) is 4.62. The second kappa shape index (κ2) is 4.79. The summed E-state index contributed by atoms with van der Waals surface area (Å²) in [5.74, 6) is 0. The molecule has 0 spiro atoms. The topological polar surface area (TPSA) is 29.9 Å². The average molecular weight is 207 g/mol. The minimum absolute atomic E-state index is 0.532. The zero-order valence-corrected chi connectivity index (χ0v) is 9.74. The molecule has 0 amide bonds. The van der Waals surface area contributed by atoms with Gasteiger partial charge in [0, 0.05) is 30.4 Å². The summed E-state index contributed by atoms with van der Waals surface area (Å²) in [6.45, 7) is 5.42. The number of nitrogens with one attached hydrogen (secondary N) is 1. The first-order valence-corrected chi connectivity index (χ1v) is 6.06. The van der Waals surface area contributed by atoms with Gasteiger partial charge in [0.2, 0.25) is 0 Å². The largest absolute Gasteiger partial charge is 0.310 e. The van der Waals surface area contributed by atoms with Crippen LogP contribution in [0.5, 0.6) is 0 Å². The van der Waals surface area contributed by atoms with Crippen molar-refractivity contribution in [2.45, 2.75) is 58.2 Å². The standard InChI is InChI=1S/C12H21N3/c1-3-4-10(2)15-9-11(8-14-15)7-13-12-5-6-12/h8-10,12-13H,3-7H2,1-2H3. The van der Waals surface area contributed by atoms with Gasteiger partial charge >= 0.3 is 0 Å². The first-order valence-electron chi connectivity index (χ1n) is 6.06. The molecule has 15 heavy (non-hydrogen) atoms. The van der Waals surface area contributed by atoms with Gasteiger partial charge in [-0.25, -0.2) is 0 Å². The van der Waals surface area contributed by atoms with Crippen LogP contribution in [0, 0.1) is 0 Å². The van der Waals surface area contributed by atoms with E-state index in [1.807, 2.05) is 6.20 Å². The summed E-state index contributed by atoms with van der Waals surface area (Å²) >= 11 is 0. The van der Waals surface area contributed by atoms with Gasteiger partial charge in [0.15, 0.2) is 0 Å². The molecule has 1 saturated carbocycles. The van der Waals surface area contributed by atoms with Gasteiger partial charge in [0.25, 0.3) is 0 Å². The van der Waals surface area contributed by atoms with E-state index in [1.54, 1.807) is 0 Å². The zero-order valence-electron chi connectivity index (χ0n) is 9.74. The quantitative estimate of drug-likeness (QED) is 0.776. The molecule has 0 aliphatic heterocycles. The fraction of sp³-hybridized carbons (Fsp3) is 0.750. The number of aromatic nitrogens is 2. The van der Waals surface area contributed by atoms with Crippen LogP contribution in [0.3, 0.4) is 0 Å². The van der Waals surface area contributed by atoms with Gasteiger partial charge in [0.05, 0.1) is 6.20 Å². The molecular weight excluding hydrogens is 186 g/mol. The van der Waals surface area contributed by atoms with Crippen molar-refractivity contribution in [2.75, 3.05) is 0 Å².